The van der Waals surface area contributed by atoms with E-state index in [9.17, 15) is 9.90 Å². The van der Waals surface area contributed by atoms with Crippen LogP contribution in [0.5, 0.6) is 0 Å². The molecule has 0 bridgehead atoms. The molecule has 0 heterocycles. The molecule has 25 heavy (non-hydrogen) atoms. The van der Waals surface area contributed by atoms with Crippen LogP contribution in [0.3, 0.4) is 0 Å². The van der Waals surface area contributed by atoms with Crippen molar-refractivity contribution in [1.82, 2.24) is 0 Å². The van der Waals surface area contributed by atoms with Gasteiger partial charge in [-0.15, -0.1) is 0 Å². The first kappa shape index (κ1) is 19.0. The minimum absolute atomic E-state index is 0.0497. The van der Waals surface area contributed by atoms with Gasteiger partial charge in [0.25, 0.3) is 5.91 Å². The van der Waals surface area contributed by atoms with Crippen molar-refractivity contribution in [2.45, 2.75) is 32.3 Å². The van der Waals surface area contributed by atoms with E-state index in [0.29, 0.717) is 11.3 Å². The number of anilines is 2. The van der Waals surface area contributed by atoms with Crippen molar-refractivity contribution >= 4 is 17.3 Å². The van der Waals surface area contributed by atoms with Crippen molar-refractivity contribution in [2.24, 2.45) is 0 Å². The zero-order valence-corrected chi connectivity index (χ0v) is 14.9. The van der Waals surface area contributed by atoms with E-state index in [2.05, 4.69) is 31.4 Å². The molecule has 1 amide bonds. The van der Waals surface area contributed by atoms with E-state index in [1.165, 1.54) is 5.56 Å². The summed E-state index contributed by atoms with van der Waals surface area (Å²) >= 11 is 0. The molecule has 1 atom stereocenters. The first-order chi connectivity index (χ1) is 11.8. The third-order valence-electron chi connectivity index (χ3n) is 3.89. The van der Waals surface area contributed by atoms with Crippen molar-refractivity contribution in [3.63, 3.8) is 0 Å². The molecule has 2 aromatic rings. The summed E-state index contributed by atoms with van der Waals surface area (Å²) < 4.78 is 0. The number of hydrogen-bond donors (Lipinski definition) is 4. The number of rotatable bonds is 6. The van der Waals surface area contributed by atoms with E-state index in [1.807, 2.05) is 36.4 Å². The molecule has 0 aliphatic heterocycles. The zero-order valence-electron chi connectivity index (χ0n) is 14.9. The highest BCUT2D eigenvalue weighted by Crippen LogP contribution is 2.22. The molecule has 5 heteroatoms. The van der Waals surface area contributed by atoms with Gasteiger partial charge < -0.3 is 20.8 Å². The highest BCUT2D eigenvalue weighted by molar-refractivity contribution is 6.04. The van der Waals surface area contributed by atoms with Gasteiger partial charge in [0, 0.05) is 23.5 Å². The van der Waals surface area contributed by atoms with Crippen LogP contribution in [0.1, 0.15) is 36.7 Å². The van der Waals surface area contributed by atoms with E-state index in [1.54, 1.807) is 12.1 Å². The number of benzene rings is 2. The van der Waals surface area contributed by atoms with Gasteiger partial charge in [-0.25, -0.2) is 0 Å². The van der Waals surface area contributed by atoms with Crippen LogP contribution in [0, 0.1) is 0 Å². The van der Waals surface area contributed by atoms with Gasteiger partial charge in [-0.3, -0.25) is 4.79 Å². The van der Waals surface area contributed by atoms with Gasteiger partial charge in [-0.1, -0.05) is 39.0 Å². The Bertz CT molecular complexity index is 706. The molecular formula is C20H26N2O3. The average molecular weight is 342 g/mol. The number of carbonyl (C=O) groups is 1. The second-order valence-corrected chi connectivity index (χ2v) is 7.08. The lowest BCUT2D eigenvalue weighted by atomic mass is 9.87. The molecule has 5 nitrogen and oxygen atoms in total. The van der Waals surface area contributed by atoms with Gasteiger partial charge in [-0.05, 0) is 41.3 Å². The highest BCUT2D eigenvalue weighted by atomic mass is 16.3. The molecule has 2 rings (SSSR count). The number of amides is 1. The summed E-state index contributed by atoms with van der Waals surface area (Å²) in [5, 5.41) is 24.1. The standard InChI is InChI=1S/C20H26N2O3/c1-20(2,3)15-9-7-14(8-10-15)19(25)22-17-6-4-5-16(11-17)21-12-18(24)13-23/h4-11,18,21,23-24H,12-13H2,1-3H3,(H,22,25). The topological polar surface area (TPSA) is 81.6 Å². The maximum absolute atomic E-state index is 12.4. The molecule has 0 aromatic heterocycles. The maximum atomic E-state index is 12.4. The predicted molar refractivity (Wildman–Crippen MR) is 101 cm³/mol. The number of hydrogen-bond acceptors (Lipinski definition) is 4. The van der Waals surface area contributed by atoms with Crippen molar-refractivity contribution in [3.05, 3.63) is 59.7 Å². The summed E-state index contributed by atoms with van der Waals surface area (Å²) in [6, 6.07) is 14.8. The van der Waals surface area contributed by atoms with Gasteiger partial charge in [-0.2, -0.15) is 0 Å². The quantitative estimate of drug-likeness (QED) is 0.650. The van der Waals surface area contributed by atoms with Crippen LogP contribution in [0.25, 0.3) is 0 Å². The molecule has 4 N–H and O–H groups in total. The summed E-state index contributed by atoms with van der Waals surface area (Å²) in [6.45, 7) is 6.34. The maximum Gasteiger partial charge on any atom is 0.255 e. The molecule has 2 aromatic carbocycles. The Morgan fingerprint density at radius 3 is 2.32 bits per heavy atom. The first-order valence-corrected chi connectivity index (χ1v) is 8.34. The van der Waals surface area contributed by atoms with Crippen LogP contribution in [0.4, 0.5) is 11.4 Å². The molecule has 0 saturated carbocycles. The Labute approximate surface area is 148 Å². The van der Waals surface area contributed by atoms with Crippen molar-refractivity contribution in [3.8, 4) is 0 Å². The van der Waals surface area contributed by atoms with Crippen LogP contribution in [0.2, 0.25) is 0 Å². The largest absolute Gasteiger partial charge is 0.394 e. The van der Waals surface area contributed by atoms with Gasteiger partial charge in [0.1, 0.15) is 0 Å². The fraction of sp³-hybridized carbons (Fsp3) is 0.350. The molecule has 0 fully saturated rings. The second-order valence-electron chi connectivity index (χ2n) is 7.08. The normalized spacial score (nSPS) is 12.5. The minimum Gasteiger partial charge on any atom is -0.394 e. The van der Waals surface area contributed by atoms with Gasteiger partial charge in [0.2, 0.25) is 0 Å². The SMILES string of the molecule is CC(C)(C)c1ccc(C(=O)Nc2cccc(NCC(O)CO)c2)cc1. The summed E-state index contributed by atoms with van der Waals surface area (Å²) in [4.78, 5) is 12.4. The molecular weight excluding hydrogens is 316 g/mol. The lowest BCUT2D eigenvalue weighted by Gasteiger charge is -2.19. The molecule has 0 radical (unpaired) electrons. The molecule has 0 spiro atoms. The smallest absolute Gasteiger partial charge is 0.255 e. The number of aliphatic hydroxyl groups excluding tert-OH is 2. The third kappa shape index (κ3) is 5.59. The van der Waals surface area contributed by atoms with Gasteiger partial charge >= 0.3 is 0 Å². The fourth-order valence-corrected chi connectivity index (χ4v) is 2.33. The Kier molecular flexibility index (Phi) is 6.17. The molecule has 0 aliphatic rings. The van der Waals surface area contributed by atoms with Gasteiger partial charge in [0.15, 0.2) is 0 Å². The van der Waals surface area contributed by atoms with E-state index in [0.717, 1.165) is 5.69 Å². The Hall–Kier alpha value is -2.37. The van der Waals surface area contributed by atoms with E-state index in [-0.39, 0.29) is 24.5 Å². The van der Waals surface area contributed by atoms with Crippen molar-refractivity contribution in [1.29, 1.82) is 0 Å². The summed E-state index contributed by atoms with van der Waals surface area (Å²) in [6.07, 6.45) is -0.820. The Morgan fingerprint density at radius 1 is 1.08 bits per heavy atom. The van der Waals surface area contributed by atoms with Gasteiger partial charge in [0.05, 0.1) is 12.7 Å². The number of carbonyl (C=O) groups excluding carboxylic acids is 1. The minimum atomic E-state index is -0.820. The number of nitrogens with one attached hydrogen (secondary N) is 2. The molecule has 0 aliphatic carbocycles. The van der Waals surface area contributed by atoms with Crippen LogP contribution >= 0.6 is 0 Å². The Balaban J connectivity index is 2.02. The van der Waals surface area contributed by atoms with Crippen molar-refractivity contribution < 1.29 is 15.0 Å². The second kappa shape index (κ2) is 8.14. The molecule has 1 unspecified atom stereocenters. The zero-order chi connectivity index (χ0) is 18.4. The lowest BCUT2D eigenvalue weighted by Crippen LogP contribution is -2.23. The van der Waals surface area contributed by atoms with E-state index in [4.69, 9.17) is 5.11 Å². The summed E-state index contributed by atoms with van der Waals surface area (Å²) in [5.41, 5.74) is 3.25. The third-order valence-corrected chi connectivity index (χ3v) is 3.89. The molecule has 134 valence electrons. The van der Waals surface area contributed by atoms with E-state index >= 15 is 0 Å². The average Bonchev–Trinajstić information content (AvgIpc) is 2.59. The van der Waals surface area contributed by atoms with E-state index < -0.39 is 6.10 Å². The van der Waals surface area contributed by atoms with Crippen LogP contribution in [-0.2, 0) is 5.41 Å². The molecule has 0 saturated heterocycles. The summed E-state index contributed by atoms with van der Waals surface area (Å²) in [5.74, 6) is -0.173. The monoisotopic (exact) mass is 342 g/mol. The Morgan fingerprint density at radius 2 is 1.72 bits per heavy atom. The lowest BCUT2D eigenvalue weighted by molar-refractivity contribution is 0.102. The fourth-order valence-electron chi connectivity index (χ4n) is 2.33. The highest BCUT2D eigenvalue weighted by Gasteiger charge is 2.14. The van der Waals surface area contributed by atoms with Crippen molar-refractivity contribution in [2.75, 3.05) is 23.8 Å². The number of aliphatic hydroxyl groups is 2. The summed E-state index contributed by atoms with van der Waals surface area (Å²) in [7, 11) is 0. The first-order valence-electron chi connectivity index (χ1n) is 8.34. The van der Waals surface area contributed by atoms with Crippen LogP contribution in [0.15, 0.2) is 48.5 Å². The van der Waals surface area contributed by atoms with Crippen LogP contribution in [-0.4, -0.2) is 35.4 Å². The predicted octanol–water partition coefficient (Wildman–Crippen LogP) is 3.00. The van der Waals surface area contributed by atoms with Crippen LogP contribution < -0.4 is 10.6 Å².